The van der Waals surface area contributed by atoms with Gasteiger partial charge in [-0.1, -0.05) is 0 Å². The van der Waals surface area contributed by atoms with Gasteiger partial charge in [-0.2, -0.15) is 0 Å². The van der Waals surface area contributed by atoms with Gasteiger partial charge in [-0.3, -0.25) is 4.79 Å². The molecule has 1 amide bonds. The average Bonchev–Trinajstić information content (AvgIpc) is 2.90. The summed E-state index contributed by atoms with van der Waals surface area (Å²) in [4.78, 5) is 22.9. The van der Waals surface area contributed by atoms with Crippen LogP contribution >= 0.6 is 0 Å². The van der Waals surface area contributed by atoms with Crippen LogP contribution in [-0.4, -0.2) is 52.2 Å². The molecule has 2 aromatic rings. The molecule has 2 fully saturated rings. The predicted molar refractivity (Wildman–Crippen MR) is 93.2 cm³/mol. The molecule has 26 heavy (non-hydrogen) atoms. The number of rotatable bonds is 3. The maximum absolute atomic E-state index is 12.7. The molecular formula is C19H23N3O4. The summed E-state index contributed by atoms with van der Waals surface area (Å²) < 4.78 is 17.4. The molecule has 0 bridgehead atoms. The lowest BCUT2D eigenvalue weighted by Crippen LogP contribution is -2.67. The van der Waals surface area contributed by atoms with Gasteiger partial charge in [0, 0.05) is 24.7 Å². The highest BCUT2D eigenvalue weighted by Gasteiger charge is 2.50. The second-order valence-corrected chi connectivity index (χ2v) is 7.23. The van der Waals surface area contributed by atoms with E-state index >= 15 is 0 Å². The first-order chi connectivity index (χ1) is 12.4. The summed E-state index contributed by atoms with van der Waals surface area (Å²) in [6.45, 7) is 7.34. The number of ether oxygens (including phenoxy) is 2. The Balaban J connectivity index is 1.38. The van der Waals surface area contributed by atoms with Crippen molar-refractivity contribution in [3.63, 3.8) is 0 Å². The van der Waals surface area contributed by atoms with Gasteiger partial charge < -0.3 is 18.8 Å². The van der Waals surface area contributed by atoms with E-state index in [1.807, 2.05) is 31.7 Å². The molecule has 2 aromatic heterocycles. The first-order valence-electron chi connectivity index (χ1n) is 8.91. The molecule has 7 nitrogen and oxygen atoms in total. The summed E-state index contributed by atoms with van der Waals surface area (Å²) in [6.07, 6.45) is 3.23. The maximum atomic E-state index is 12.7. The molecule has 0 saturated carbocycles. The molecule has 138 valence electrons. The van der Waals surface area contributed by atoms with E-state index < -0.39 is 0 Å². The van der Waals surface area contributed by atoms with Crippen LogP contribution in [0.15, 0.2) is 22.7 Å². The molecule has 4 heterocycles. The normalized spacial score (nSPS) is 21.5. The van der Waals surface area contributed by atoms with Gasteiger partial charge in [-0.15, -0.1) is 0 Å². The largest absolute Gasteiger partial charge is 0.466 e. The maximum Gasteiger partial charge on any atom is 0.316 e. The number of nitrogens with zero attached hydrogens (tertiary/aromatic N) is 3. The standard InChI is InChI=1S/C19H23N3O4/c1-12-4-6-20-18(21-12)26-15-5-7-24-19(9-15)10-22(11-19)17(23)16-8-13(2)25-14(16)3/h4,6,8,15H,5,7,9-11H2,1-3H3/t15-/m0/s1. The molecule has 1 spiro atoms. The lowest BCUT2D eigenvalue weighted by atomic mass is 9.84. The molecule has 0 unspecified atom stereocenters. The minimum absolute atomic E-state index is 0.000655. The molecule has 2 saturated heterocycles. The van der Waals surface area contributed by atoms with Gasteiger partial charge in [0.1, 0.15) is 23.2 Å². The Kier molecular flexibility index (Phi) is 4.19. The van der Waals surface area contributed by atoms with Crippen molar-refractivity contribution >= 4 is 5.91 Å². The van der Waals surface area contributed by atoms with Crippen molar-refractivity contribution in [1.82, 2.24) is 14.9 Å². The van der Waals surface area contributed by atoms with Gasteiger partial charge in [-0.25, -0.2) is 9.97 Å². The number of hydrogen-bond acceptors (Lipinski definition) is 6. The lowest BCUT2D eigenvalue weighted by molar-refractivity contribution is -0.174. The molecule has 1 atom stereocenters. The zero-order valence-corrected chi connectivity index (χ0v) is 15.3. The van der Waals surface area contributed by atoms with E-state index in [1.54, 1.807) is 12.3 Å². The Bertz CT molecular complexity index is 826. The van der Waals surface area contributed by atoms with Crippen LogP contribution in [0.4, 0.5) is 0 Å². The van der Waals surface area contributed by atoms with Crippen LogP contribution in [0.25, 0.3) is 0 Å². The number of furan rings is 1. The Labute approximate surface area is 152 Å². The summed E-state index contributed by atoms with van der Waals surface area (Å²) in [7, 11) is 0. The smallest absolute Gasteiger partial charge is 0.316 e. The molecule has 2 aliphatic heterocycles. The highest BCUT2D eigenvalue weighted by molar-refractivity contribution is 5.96. The Morgan fingerprint density at radius 2 is 2.15 bits per heavy atom. The molecule has 0 aromatic carbocycles. The van der Waals surface area contributed by atoms with E-state index in [-0.39, 0.29) is 17.6 Å². The molecule has 2 aliphatic rings. The second kappa shape index (κ2) is 6.39. The Morgan fingerprint density at radius 3 is 2.85 bits per heavy atom. The minimum atomic E-state index is -0.324. The quantitative estimate of drug-likeness (QED) is 0.840. The average molecular weight is 357 g/mol. The molecule has 7 heteroatoms. The summed E-state index contributed by atoms with van der Waals surface area (Å²) in [6, 6.07) is 4.04. The van der Waals surface area contributed by atoms with E-state index in [0.717, 1.165) is 24.3 Å². The van der Waals surface area contributed by atoms with Crippen molar-refractivity contribution in [3.05, 3.63) is 41.1 Å². The zero-order valence-electron chi connectivity index (χ0n) is 15.3. The molecule has 0 radical (unpaired) electrons. The summed E-state index contributed by atoms with van der Waals surface area (Å²) >= 11 is 0. The number of amides is 1. The third-order valence-electron chi connectivity index (χ3n) is 5.01. The third-order valence-corrected chi connectivity index (χ3v) is 5.01. The van der Waals surface area contributed by atoms with Crippen LogP contribution in [0.3, 0.4) is 0 Å². The van der Waals surface area contributed by atoms with Crippen LogP contribution in [0, 0.1) is 20.8 Å². The summed E-state index contributed by atoms with van der Waals surface area (Å²) in [5.41, 5.74) is 1.19. The number of aryl methyl sites for hydroxylation is 3. The number of likely N-dealkylation sites (tertiary alicyclic amines) is 1. The van der Waals surface area contributed by atoms with E-state index in [0.29, 0.717) is 37.0 Å². The molecular weight excluding hydrogens is 334 g/mol. The first kappa shape index (κ1) is 17.0. The lowest BCUT2D eigenvalue weighted by Gasteiger charge is -2.52. The van der Waals surface area contributed by atoms with Crippen LogP contribution in [-0.2, 0) is 4.74 Å². The van der Waals surface area contributed by atoms with Crippen LogP contribution in [0.1, 0.15) is 40.4 Å². The fraction of sp³-hybridized carbons (Fsp3) is 0.526. The van der Waals surface area contributed by atoms with Crippen molar-refractivity contribution in [3.8, 4) is 6.01 Å². The van der Waals surface area contributed by atoms with Crippen LogP contribution in [0.5, 0.6) is 6.01 Å². The van der Waals surface area contributed by atoms with Gasteiger partial charge in [0.2, 0.25) is 0 Å². The first-order valence-corrected chi connectivity index (χ1v) is 8.91. The van der Waals surface area contributed by atoms with E-state index in [2.05, 4.69) is 9.97 Å². The molecule has 4 rings (SSSR count). The van der Waals surface area contributed by atoms with Crippen molar-refractivity contribution in [2.45, 2.75) is 45.3 Å². The second-order valence-electron chi connectivity index (χ2n) is 7.23. The monoisotopic (exact) mass is 357 g/mol. The van der Waals surface area contributed by atoms with Gasteiger partial charge in [0.15, 0.2) is 0 Å². The van der Waals surface area contributed by atoms with E-state index in [9.17, 15) is 4.79 Å². The van der Waals surface area contributed by atoms with Gasteiger partial charge in [-0.05, 0) is 32.9 Å². The Hall–Kier alpha value is -2.41. The summed E-state index contributed by atoms with van der Waals surface area (Å²) in [5.74, 6) is 1.41. The van der Waals surface area contributed by atoms with E-state index in [4.69, 9.17) is 13.9 Å². The van der Waals surface area contributed by atoms with Crippen molar-refractivity contribution in [2.24, 2.45) is 0 Å². The highest BCUT2D eigenvalue weighted by Crippen LogP contribution is 2.36. The SMILES string of the molecule is Cc1ccnc(O[C@H]2CCOC3(C2)CN(C(=O)c2cc(C)oc2C)C3)n1. The number of carbonyl (C=O) groups is 1. The molecule has 0 N–H and O–H groups in total. The highest BCUT2D eigenvalue weighted by atomic mass is 16.5. The zero-order chi connectivity index (χ0) is 18.3. The van der Waals surface area contributed by atoms with Crippen molar-refractivity contribution in [2.75, 3.05) is 19.7 Å². The van der Waals surface area contributed by atoms with Gasteiger partial charge in [0.05, 0.1) is 25.3 Å². The topological polar surface area (TPSA) is 77.7 Å². The number of hydrogen-bond donors (Lipinski definition) is 0. The van der Waals surface area contributed by atoms with Crippen molar-refractivity contribution in [1.29, 1.82) is 0 Å². The van der Waals surface area contributed by atoms with Crippen LogP contribution < -0.4 is 4.74 Å². The Morgan fingerprint density at radius 1 is 1.35 bits per heavy atom. The number of aromatic nitrogens is 2. The fourth-order valence-corrected chi connectivity index (χ4v) is 3.74. The number of carbonyl (C=O) groups excluding carboxylic acids is 1. The minimum Gasteiger partial charge on any atom is -0.466 e. The van der Waals surface area contributed by atoms with Crippen molar-refractivity contribution < 1.29 is 18.7 Å². The summed E-state index contributed by atoms with van der Waals surface area (Å²) in [5, 5.41) is 0. The van der Waals surface area contributed by atoms with E-state index in [1.165, 1.54) is 0 Å². The third kappa shape index (κ3) is 3.19. The fourth-order valence-electron chi connectivity index (χ4n) is 3.74. The molecule has 0 aliphatic carbocycles. The predicted octanol–water partition coefficient (Wildman–Crippen LogP) is 2.45. The van der Waals surface area contributed by atoms with Crippen LogP contribution in [0.2, 0.25) is 0 Å². The van der Waals surface area contributed by atoms with Gasteiger partial charge >= 0.3 is 6.01 Å². The van der Waals surface area contributed by atoms with Gasteiger partial charge in [0.25, 0.3) is 5.91 Å².